The highest BCUT2D eigenvalue weighted by Gasteiger charge is 2.32. The summed E-state index contributed by atoms with van der Waals surface area (Å²) in [5, 5.41) is 0.0264. The quantitative estimate of drug-likeness (QED) is 0.715. The summed E-state index contributed by atoms with van der Waals surface area (Å²) in [5.74, 6) is 0.810. The van der Waals surface area contributed by atoms with Gasteiger partial charge in [-0.25, -0.2) is 0 Å². The normalized spacial score (nSPS) is 20.0. The molecule has 2 aliphatic heterocycles. The number of piperazine rings is 1. The fraction of sp³-hybridized carbons (Fsp3) is 0.417. The maximum absolute atomic E-state index is 12.8. The van der Waals surface area contributed by atoms with Crippen LogP contribution in [0.2, 0.25) is 0 Å². The number of carbonyl (C=O) groups excluding carboxylic acids is 2. The molecule has 0 spiro atoms. The Morgan fingerprint density at radius 3 is 2.37 bits per heavy atom. The molecule has 2 amide bonds. The summed E-state index contributed by atoms with van der Waals surface area (Å²) in [6.07, 6.45) is 0.851. The van der Waals surface area contributed by atoms with Crippen LogP contribution in [-0.2, 0) is 11.2 Å². The van der Waals surface area contributed by atoms with Crippen molar-refractivity contribution < 1.29 is 9.59 Å². The Kier molecular flexibility index (Phi) is 6.75. The van der Waals surface area contributed by atoms with E-state index in [-0.39, 0.29) is 17.2 Å². The molecule has 0 aromatic heterocycles. The molecular weight excluding hydrogens is 394 g/mol. The van der Waals surface area contributed by atoms with Crippen LogP contribution in [0.25, 0.3) is 0 Å². The molecule has 0 aliphatic carbocycles. The van der Waals surface area contributed by atoms with Crippen LogP contribution in [0.1, 0.15) is 33.8 Å². The lowest BCUT2D eigenvalue weighted by Crippen LogP contribution is -2.48. The molecule has 158 valence electrons. The van der Waals surface area contributed by atoms with Crippen LogP contribution in [0.15, 0.2) is 54.6 Å². The Bertz CT molecular complexity index is 864. The monoisotopic (exact) mass is 423 g/mol. The lowest BCUT2D eigenvalue weighted by Gasteiger charge is -2.34. The molecule has 2 heterocycles. The molecule has 30 heavy (non-hydrogen) atoms. The summed E-state index contributed by atoms with van der Waals surface area (Å²) < 4.78 is 0. The standard InChI is InChI=1S/C24H29N3O2S/c1-2-25-14-16-26(17-15-25)23(29)20-8-10-21(11-9-20)24-27(22(28)18-30-24)13-12-19-6-4-3-5-7-19/h3-11,24H,2,12-18H2,1H3/t24-/m1/s1. The number of hydrogen-bond acceptors (Lipinski definition) is 4. The van der Waals surface area contributed by atoms with Gasteiger partial charge in [0.25, 0.3) is 5.91 Å². The molecule has 0 N–H and O–H groups in total. The van der Waals surface area contributed by atoms with E-state index in [1.807, 2.05) is 52.3 Å². The molecule has 1 atom stereocenters. The molecule has 2 aromatic carbocycles. The summed E-state index contributed by atoms with van der Waals surface area (Å²) in [6, 6.07) is 18.1. The Balaban J connectivity index is 1.40. The average Bonchev–Trinajstić information content (AvgIpc) is 3.18. The van der Waals surface area contributed by atoms with Crippen LogP contribution in [0.4, 0.5) is 0 Å². The SMILES string of the molecule is CCN1CCN(C(=O)c2ccc([C@H]3SCC(=O)N3CCc3ccccc3)cc2)CC1. The number of rotatable bonds is 6. The van der Waals surface area contributed by atoms with E-state index in [2.05, 4.69) is 24.0 Å². The summed E-state index contributed by atoms with van der Waals surface area (Å²) in [5.41, 5.74) is 3.06. The van der Waals surface area contributed by atoms with E-state index in [1.54, 1.807) is 11.8 Å². The maximum atomic E-state index is 12.8. The number of benzene rings is 2. The molecule has 0 bridgehead atoms. The van der Waals surface area contributed by atoms with Gasteiger partial charge in [-0.1, -0.05) is 49.4 Å². The number of likely N-dealkylation sites (N-methyl/N-ethyl adjacent to an activating group) is 1. The third-order valence-corrected chi connectivity index (χ3v) is 7.26. The minimum absolute atomic E-state index is 0.0264. The molecule has 0 radical (unpaired) electrons. The first-order chi connectivity index (χ1) is 14.7. The van der Waals surface area contributed by atoms with Crippen molar-refractivity contribution in [2.45, 2.75) is 18.7 Å². The summed E-state index contributed by atoms with van der Waals surface area (Å²) in [6.45, 7) is 7.36. The fourth-order valence-corrected chi connectivity index (χ4v) is 5.33. The van der Waals surface area contributed by atoms with Crippen LogP contribution < -0.4 is 0 Å². The predicted molar refractivity (Wildman–Crippen MR) is 122 cm³/mol. The van der Waals surface area contributed by atoms with Gasteiger partial charge in [-0.2, -0.15) is 0 Å². The predicted octanol–water partition coefficient (Wildman–Crippen LogP) is 3.28. The first kappa shape index (κ1) is 20.9. The highest BCUT2D eigenvalue weighted by molar-refractivity contribution is 8.00. The summed E-state index contributed by atoms with van der Waals surface area (Å²) in [7, 11) is 0. The van der Waals surface area contributed by atoms with E-state index >= 15 is 0 Å². The van der Waals surface area contributed by atoms with Crippen molar-refractivity contribution in [2.75, 3.05) is 45.0 Å². The van der Waals surface area contributed by atoms with Crippen molar-refractivity contribution in [3.63, 3.8) is 0 Å². The number of hydrogen-bond donors (Lipinski definition) is 0. The lowest BCUT2D eigenvalue weighted by molar-refractivity contribution is -0.128. The zero-order valence-electron chi connectivity index (χ0n) is 17.5. The van der Waals surface area contributed by atoms with E-state index in [4.69, 9.17) is 0 Å². The minimum atomic E-state index is 0.0264. The Labute approximate surface area is 183 Å². The first-order valence-corrected chi connectivity index (χ1v) is 11.8. The van der Waals surface area contributed by atoms with Gasteiger partial charge in [0, 0.05) is 38.3 Å². The van der Waals surface area contributed by atoms with Crippen molar-refractivity contribution in [1.29, 1.82) is 0 Å². The van der Waals surface area contributed by atoms with Gasteiger partial charge in [0.15, 0.2) is 0 Å². The summed E-state index contributed by atoms with van der Waals surface area (Å²) in [4.78, 5) is 31.6. The minimum Gasteiger partial charge on any atom is -0.336 e. The molecule has 4 rings (SSSR count). The molecule has 2 fully saturated rings. The molecule has 2 aromatic rings. The van der Waals surface area contributed by atoms with Crippen LogP contribution in [0.5, 0.6) is 0 Å². The Morgan fingerprint density at radius 1 is 1.00 bits per heavy atom. The van der Waals surface area contributed by atoms with E-state index in [0.717, 1.165) is 50.3 Å². The van der Waals surface area contributed by atoms with Crippen molar-refractivity contribution >= 4 is 23.6 Å². The van der Waals surface area contributed by atoms with Gasteiger partial charge in [-0.3, -0.25) is 9.59 Å². The highest BCUT2D eigenvalue weighted by Crippen LogP contribution is 2.38. The van der Waals surface area contributed by atoms with Gasteiger partial charge in [0.05, 0.1) is 5.75 Å². The van der Waals surface area contributed by atoms with Gasteiger partial charge in [0.1, 0.15) is 5.37 Å². The second-order valence-electron chi connectivity index (χ2n) is 7.83. The molecular formula is C24H29N3O2S. The smallest absolute Gasteiger partial charge is 0.253 e. The van der Waals surface area contributed by atoms with Gasteiger partial charge in [-0.15, -0.1) is 11.8 Å². The van der Waals surface area contributed by atoms with Crippen molar-refractivity contribution in [3.8, 4) is 0 Å². The van der Waals surface area contributed by atoms with Gasteiger partial charge >= 0.3 is 0 Å². The van der Waals surface area contributed by atoms with Crippen molar-refractivity contribution in [1.82, 2.24) is 14.7 Å². The average molecular weight is 424 g/mol. The van der Waals surface area contributed by atoms with Gasteiger partial charge in [-0.05, 0) is 36.2 Å². The van der Waals surface area contributed by atoms with Crippen molar-refractivity contribution in [2.24, 2.45) is 0 Å². The fourth-order valence-electron chi connectivity index (χ4n) is 4.11. The van der Waals surface area contributed by atoms with E-state index in [9.17, 15) is 9.59 Å². The number of nitrogens with zero attached hydrogens (tertiary/aromatic N) is 3. The zero-order valence-corrected chi connectivity index (χ0v) is 18.3. The summed E-state index contributed by atoms with van der Waals surface area (Å²) >= 11 is 1.67. The van der Waals surface area contributed by atoms with Crippen molar-refractivity contribution in [3.05, 3.63) is 71.3 Å². The van der Waals surface area contributed by atoms with E-state index < -0.39 is 0 Å². The van der Waals surface area contributed by atoms with Crippen LogP contribution in [-0.4, -0.2) is 71.5 Å². The molecule has 5 nitrogen and oxygen atoms in total. The molecule has 2 saturated heterocycles. The maximum Gasteiger partial charge on any atom is 0.253 e. The molecule has 6 heteroatoms. The second kappa shape index (κ2) is 9.67. The van der Waals surface area contributed by atoms with Crippen LogP contribution in [0.3, 0.4) is 0 Å². The lowest BCUT2D eigenvalue weighted by atomic mass is 10.1. The van der Waals surface area contributed by atoms with E-state index in [1.165, 1.54) is 5.56 Å². The Morgan fingerprint density at radius 2 is 1.70 bits per heavy atom. The largest absolute Gasteiger partial charge is 0.336 e. The number of amides is 2. The zero-order chi connectivity index (χ0) is 20.9. The highest BCUT2D eigenvalue weighted by atomic mass is 32.2. The van der Waals surface area contributed by atoms with Gasteiger partial charge < -0.3 is 14.7 Å². The second-order valence-corrected chi connectivity index (χ2v) is 8.90. The Hall–Kier alpha value is -2.31. The third kappa shape index (κ3) is 4.71. The van der Waals surface area contributed by atoms with Crippen LogP contribution >= 0.6 is 11.8 Å². The molecule has 0 unspecified atom stereocenters. The first-order valence-electron chi connectivity index (χ1n) is 10.7. The topological polar surface area (TPSA) is 43.9 Å². The molecule has 2 aliphatic rings. The molecule has 0 saturated carbocycles. The number of carbonyl (C=O) groups is 2. The van der Waals surface area contributed by atoms with Crippen LogP contribution in [0, 0.1) is 0 Å². The number of thioether (sulfide) groups is 1. The third-order valence-electron chi connectivity index (χ3n) is 6.00. The van der Waals surface area contributed by atoms with E-state index in [0.29, 0.717) is 12.3 Å². The van der Waals surface area contributed by atoms with Gasteiger partial charge in [0.2, 0.25) is 5.91 Å².